The van der Waals surface area contributed by atoms with Gasteiger partial charge in [-0.3, -0.25) is 14.4 Å². The van der Waals surface area contributed by atoms with Crippen molar-refractivity contribution >= 4 is 34.8 Å². The van der Waals surface area contributed by atoms with Gasteiger partial charge < -0.3 is 5.11 Å². The molecule has 3 aromatic carbocycles. The highest BCUT2D eigenvalue weighted by atomic mass is 35.5. The Balaban J connectivity index is 1.59. The molecule has 2 amide bonds. The zero-order valence-electron chi connectivity index (χ0n) is 15.7. The van der Waals surface area contributed by atoms with E-state index < -0.39 is 24.0 Å². The molecule has 0 radical (unpaired) electrons. The summed E-state index contributed by atoms with van der Waals surface area (Å²) >= 11 is 5.95. The molecule has 0 aliphatic carbocycles. The predicted molar refractivity (Wildman–Crippen MR) is 112 cm³/mol. The van der Waals surface area contributed by atoms with Gasteiger partial charge in [0.05, 0.1) is 17.4 Å². The maximum Gasteiger partial charge on any atom is 0.266 e. The van der Waals surface area contributed by atoms with Crippen molar-refractivity contribution in [3.8, 4) is 5.75 Å². The largest absolute Gasteiger partial charge is 0.508 e. The van der Waals surface area contributed by atoms with Crippen LogP contribution >= 0.6 is 11.6 Å². The van der Waals surface area contributed by atoms with E-state index >= 15 is 0 Å². The number of halogens is 1. The molecular formula is C23H17ClN2O4. The molecule has 150 valence electrons. The minimum atomic E-state index is -0.958. The third-order valence-electron chi connectivity index (χ3n) is 5.42. The van der Waals surface area contributed by atoms with E-state index in [0.717, 1.165) is 10.6 Å². The Morgan fingerprint density at radius 2 is 1.57 bits per heavy atom. The van der Waals surface area contributed by atoms with E-state index in [1.807, 2.05) is 36.4 Å². The number of carbonyl (C=O) groups excluding carboxylic acids is 2. The van der Waals surface area contributed by atoms with Crippen molar-refractivity contribution in [2.24, 2.45) is 5.92 Å². The van der Waals surface area contributed by atoms with Gasteiger partial charge in [0.25, 0.3) is 5.91 Å². The number of nitrogens with zero attached hydrogens (tertiary/aromatic N) is 2. The summed E-state index contributed by atoms with van der Waals surface area (Å²) in [5.41, 5.74) is 1.86. The predicted octanol–water partition coefficient (Wildman–Crippen LogP) is 4.10. The fraction of sp³-hybridized carbons (Fsp3) is 0.130. The lowest BCUT2D eigenvalue weighted by Gasteiger charge is -2.28. The number of hydroxylamine groups is 1. The number of aromatic hydroxyl groups is 1. The number of hydrogen-bond donors (Lipinski definition) is 1. The fourth-order valence-corrected chi connectivity index (χ4v) is 4.23. The van der Waals surface area contributed by atoms with Crippen molar-refractivity contribution in [1.29, 1.82) is 0 Å². The summed E-state index contributed by atoms with van der Waals surface area (Å²) in [6.07, 6.45) is -0.958. The Morgan fingerprint density at radius 1 is 0.833 bits per heavy atom. The third-order valence-corrected chi connectivity index (χ3v) is 5.67. The normalized spacial score (nSPS) is 23.2. The molecule has 7 heteroatoms. The zero-order valence-corrected chi connectivity index (χ0v) is 16.4. The van der Waals surface area contributed by atoms with E-state index in [1.54, 1.807) is 47.5 Å². The first-order valence-electron chi connectivity index (χ1n) is 9.48. The molecular weight excluding hydrogens is 404 g/mol. The van der Waals surface area contributed by atoms with Gasteiger partial charge in [-0.25, -0.2) is 9.96 Å². The van der Waals surface area contributed by atoms with Crippen molar-refractivity contribution in [3.63, 3.8) is 0 Å². The molecule has 0 aromatic heterocycles. The molecule has 2 fully saturated rings. The number of hydrogen-bond acceptors (Lipinski definition) is 5. The topological polar surface area (TPSA) is 70.1 Å². The van der Waals surface area contributed by atoms with Gasteiger partial charge in [-0.1, -0.05) is 41.9 Å². The number of carbonyl (C=O) groups is 2. The molecule has 0 saturated carbocycles. The maximum absolute atomic E-state index is 13.4. The lowest BCUT2D eigenvalue weighted by molar-refractivity contribution is -0.126. The summed E-state index contributed by atoms with van der Waals surface area (Å²) < 4.78 is 0. The van der Waals surface area contributed by atoms with E-state index in [2.05, 4.69) is 0 Å². The van der Waals surface area contributed by atoms with Crippen molar-refractivity contribution in [2.45, 2.75) is 12.1 Å². The second-order valence-electron chi connectivity index (χ2n) is 7.24. The van der Waals surface area contributed by atoms with Crippen LogP contribution in [0.3, 0.4) is 0 Å². The molecule has 6 nitrogen and oxygen atoms in total. The summed E-state index contributed by atoms with van der Waals surface area (Å²) in [5.74, 6) is -1.44. The average molecular weight is 421 g/mol. The van der Waals surface area contributed by atoms with E-state index in [4.69, 9.17) is 16.4 Å². The highest BCUT2D eigenvalue weighted by molar-refractivity contribution is 6.31. The van der Waals surface area contributed by atoms with Crippen molar-refractivity contribution in [1.82, 2.24) is 0 Å². The van der Waals surface area contributed by atoms with Crippen LogP contribution in [-0.4, -0.2) is 23.0 Å². The molecule has 2 aliphatic rings. The molecule has 0 unspecified atom stereocenters. The zero-order chi connectivity index (χ0) is 20.8. The van der Waals surface area contributed by atoms with Gasteiger partial charge in [0.15, 0.2) is 6.10 Å². The number of phenolic OH excluding ortho intramolecular Hbond substituents is 1. The fourth-order valence-electron chi connectivity index (χ4n) is 4.11. The van der Waals surface area contributed by atoms with Gasteiger partial charge in [-0.2, -0.15) is 0 Å². The van der Waals surface area contributed by atoms with Crippen LogP contribution in [0.15, 0.2) is 78.9 Å². The SMILES string of the molecule is O=C1[C@H]2[C@@H](c3cccc(O)c3)N(c3ccccc3)O[C@H]2C(=O)N1c1ccc(Cl)cc1. The molecule has 3 atom stereocenters. The summed E-state index contributed by atoms with van der Waals surface area (Å²) in [5, 5.41) is 12.1. The first-order chi connectivity index (χ1) is 14.5. The quantitative estimate of drug-likeness (QED) is 0.646. The Bertz CT molecular complexity index is 1120. The van der Waals surface area contributed by atoms with Crippen LogP contribution in [0.4, 0.5) is 11.4 Å². The minimum Gasteiger partial charge on any atom is -0.508 e. The van der Waals surface area contributed by atoms with Crippen molar-refractivity contribution < 1.29 is 19.5 Å². The molecule has 3 aromatic rings. The van der Waals surface area contributed by atoms with Crippen LogP contribution in [0.25, 0.3) is 0 Å². The molecule has 0 spiro atoms. The number of phenols is 1. The van der Waals surface area contributed by atoms with Gasteiger partial charge in [-0.15, -0.1) is 0 Å². The van der Waals surface area contributed by atoms with Gasteiger partial charge in [0.1, 0.15) is 11.7 Å². The number of para-hydroxylation sites is 1. The molecule has 2 heterocycles. The van der Waals surface area contributed by atoms with Crippen LogP contribution in [0.2, 0.25) is 5.02 Å². The van der Waals surface area contributed by atoms with Crippen LogP contribution in [-0.2, 0) is 14.4 Å². The first-order valence-corrected chi connectivity index (χ1v) is 9.86. The molecule has 30 heavy (non-hydrogen) atoms. The highest BCUT2D eigenvalue weighted by Crippen LogP contribution is 2.47. The van der Waals surface area contributed by atoms with E-state index in [0.29, 0.717) is 16.3 Å². The standard InChI is InChI=1S/C23H17ClN2O4/c24-15-9-11-16(12-10-15)25-22(28)19-20(14-5-4-8-18(27)13-14)26(30-21(19)23(25)29)17-6-2-1-3-7-17/h1-13,19-21,27H/t19-,20+,21+/m0/s1. The van der Waals surface area contributed by atoms with Crippen LogP contribution in [0, 0.1) is 5.92 Å². The van der Waals surface area contributed by atoms with Gasteiger partial charge in [0.2, 0.25) is 5.91 Å². The Morgan fingerprint density at radius 3 is 2.27 bits per heavy atom. The van der Waals surface area contributed by atoms with Crippen molar-refractivity contribution in [2.75, 3.05) is 9.96 Å². The number of anilines is 2. The smallest absolute Gasteiger partial charge is 0.266 e. The Labute approximate surface area is 177 Å². The molecule has 0 bridgehead atoms. The minimum absolute atomic E-state index is 0.0790. The molecule has 1 N–H and O–H groups in total. The van der Waals surface area contributed by atoms with Crippen LogP contribution in [0.1, 0.15) is 11.6 Å². The second-order valence-corrected chi connectivity index (χ2v) is 7.68. The summed E-state index contributed by atoms with van der Waals surface area (Å²) in [6.45, 7) is 0. The van der Waals surface area contributed by atoms with Gasteiger partial charge in [0, 0.05) is 5.02 Å². The number of fused-ring (bicyclic) bond motifs is 1. The summed E-state index contributed by atoms with van der Waals surface area (Å²) in [4.78, 5) is 33.8. The average Bonchev–Trinajstić information content (AvgIpc) is 3.26. The van der Waals surface area contributed by atoms with E-state index in [9.17, 15) is 14.7 Å². The van der Waals surface area contributed by atoms with Crippen LogP contribution < -0.4 is 9.96 Å². The third kappa shape index (κ3) is 2.93. The highest BCUT2D eigenvalue weighted by Gasteiger charge is 2.60. The van der Waals surface area contributed by atoms with Gasteiger partial charge in [-0.05, 0) is 54.1 Å². The lowest BCUT2D eigenvalue weighted by Crippen LogP contribution is -2.37. The van der Waals surface area contributed by atoms with Crippen molar-refractivity contribution in [3.05, 3.63) is 89.4 Å². The maximum atomic E-state index is 13.4. The van der Waals surface area contributed by atoms with Crippen LogP contribution in [0.5, 0.6) is 5.75 Å². The first kappa shape index (κ1) is 18.7. The monoisotopic (exact) mass is 420 g/mol. The summed E-state index contributed by atoms with van der Waals surface area (Å²) in [7, 11) is 0. The number of benzene rings is 3. The Hall–Kier alpha value is -3.35. The molecule has 5 rings (SSSR count). The number of rotatable bonds is 3. The van der Waals surface area contributed by atoms with E-state index in [1.165, 1.54) is 0 Å². The number of amides is 2. The Kier molecular flexibility index (Phi) is 4.46. The molecule has 2 aliphatic heterocycles. The van der Waals surface area contributed by atoms with E-state index in [-0.39, 0.29) is 11.7 Å². The number of imide groups is 1. The molecule has 2 saturated heterocycles. The van der Waals surface area contributed by atoms with Gasteiger partial charge >= 0.3 is 0 Å². The summed E-state index contributed by atoms with van der Waals surface area (Å²) in [6, 6.07) is 21.9. The lowest BCUT2D eigenvalue weighted by atomic mass is 9.90. The second kappa shape index (κ2) is 7.16.